The minimum Gasteiger partial charge on any atom is -0.261 e. The Bertz CT molecular complexity index is 306. The summed E-state index contributed by atoms with van der Waals surface area (Å²) in [5.41, 5.74) is 1.55. The van der Waals surface area contributed by atoms with Crippen molar-refractivity contribution in [2.75, 3.05) is 6.54 Å². The lowest BCUT2D eigenvalue weighted by atomic mass is 9.75. The molecule has 1 aliphatic carbocycles. The van der Waals surface area contributed by atoms with Gasteiger partial charge in [0, 0.05) is 29.4 Å². The highest BCUT2D eigenvalue weighted by molar-refractivity contribution is 14.1. The largest absolute Gasteiger partial charge is 0.261 e. The van der Waals surface area contributed by atoms with Crippen LogP contribution in [0.4, 0.5) is 0 Å². The Labute approximate surface area is 119 Å². The van der Waals surface area contributed by atoms with Gasteiger partial charge in [-0.2, -0.15) is 0 Å². The Morgan fingerprint density at radius 3 is 2.47 bits per heavy atom. The summed E-state index contributed by atoms with van der Waals surface area (Å²) in [4.78, 5) is 0. The van der Waals surface area contributed by atoms with Gasteiger partial charge in [-0.15, -0.1) is 0 Å². The first kappa shape index (κ1) is 13.3. The monoisotopic (exact) mass is 343 g/mol. The van der Waals surface area contributed by atoms with Crippen LogP contribution in [0.25, 0.3) is 0 Å². The molecule has 0 saturated heterocycles. The van der Waals surface area contributed by atoms with Crippen molar-refractivity contribution in [2.24, 2.45) is 5.92 Å². The summed E-state index contributed by atoms with van der Waals surface area (Å²) in [6.45, 7) is 1.12. The van der Waals surface area contributed by atoms with Crippen molar-refractivity contribution in [1.82, 2.24) is 3.53 Å². The van der Waals surface area contributed by atoms with Crippen LogP contribution in [0.5, 0.6) is 0 Å². The van der Waals surface area contributed by atoms with E-state index in [4.69, 9.17) is 0 Å². The third kappa shape index (κ3) is 3.95. The highest BCUT2D eigenvalue weighted by atomic mass is 127. The van der Waals surface area contributed by atoms with Gasteiger partial charge in [0.2, 0.25) is 0 Å². The van der Waals surface area contributed by atoms with Gasteiger partial charge in [0.15, 0.2) is 0 Å². The lowest BCUT2D eigenvalue weighted by Crippen LogP contribution is -2.19. The zero-order chi connectivity index (χ0) is 11.9. The summed E-state index contributed by atoms with van der Waals surface area (Å²) in [5, 5.41) is 0. The Morgan fingerprint density at radius 2 is 1.82 bits per heavy atom. The first-order chi connectivity index (χ1) is 8.42. The molecule has 0 bridgehead atoms. The van der Waals surface area contributed by atoms with Gasteiger partial charge in [0.05, 0.1) is 0 Å². The van der Waals surface area contributed by atoms with Crippen molar-refractivity contribution in [3.63, 3.8) is 0 Å². The highest BCUT2D eigenvalue weighted by Crippen LogP contribution is 2.37. The summed E-state index contributed by atoms with van der Waals surface area (Å²) in [6, 6.07) is 11.1. The summed E-state index contributed by atoms with van der Waals surface area (Å²) in [6.07, 6.45) is 8.46. The molecule has 1 aliphatic rings. The highest BCUT2D eigenvalue weighted by Gasteiger charge is 2.24. The molecule has 0 heterocycles. The van der Waals surface area contributed by atoms with Crippen LogP contribution in [0.3, 0.4) is 0 Å². The average Bonchev–Trinajstić information content (AvgIpc) is 2.42. The maximum absolute atomic E-state index is 3.28. The third-order valence-electron chi connectivity index (χ3n) is 4.00. The van der Waals surface area contributed by atoms with Crippen molar-refractivity contribution < 1.29 is 0 Å². The van der Waals surface area contributed by atoms with Crippen LogP contribution >= 0.6 is 22.9 Å². The zero-order valence-electron chi connectivity index (χ0n) is 10.4. The molecule has 94 valence electrons. The van der Waals surface area contributed by atoms with Crippen LogP contribution in [0, 0.1) is 5.92 Å². The number of hydrogen-bond acceptors (Lipinski definition) is 1. The van der Waals surface area contributed by atoms with E-state index < -0.39 is 0 Å². The molecule has 1 aromatic rings. The number of nitrogens with one attached hydrogen (secondary N) is 1. The summed E-state index contributed by atoms with van der Waals surface area (Å²) in [7, 11) is 0. The molecule has 1 saturated carbocycles. The van der Waals surface area contributed by atoms with Gasteiger partial charge in [-0.05, 0) is 36.7 Å². The number of halogens is 1. The third-order valence-corrected chi connectivity index (χ3v) is 4.54. The molecule has 0 radical (unpaired) electrons. The van der Waals surface area contributed by atoms with Crippen LogP contribution < -0.4 is 3.53 Å². The van der Waals surface area contributed by atoms with Crippen molar-refractivity contribution in [3.8, 4) is 0 Å². The molecule has 2 rings (SSSR count). The molecule has 1 unspecified atom stereocenters. The molecule has 0 spiro atoms. The molecule has 1 atom stereocenters. The normalized spacial score (nSPS) is 19.1. The van der Waals surface area contributed by atoms with Crippen molar-refractivity contribution in [2.45, 2.75) is 44.4 Å². The number of rotatable bonds is 5. The van der Waals surface area contributed by atoms with E-state index in [9.17, 15) is 0 Å². The van der Waals surface area contributed by atoms with Gasteiger partial charge in [0.25, 0.3) is 0 Å². The standard InChI is InChI=1S/C15H22IN/c16-17-12-11-15(13-7-3-1-4-8-13)14-9-5-2-6-10-14/h1,3-4,7-8,14-15,17H,2,5-6,9-12H2. The fourth-order valence-corrected chi connectivity index (χ4v) is 3.43. The zero-order valence-corrected chi connectivity index (χ0v) is 12.5. The molecule has 17 heavy (non-hydrogen) atoms. The van der Waals surface area contributed by atoms with E-state index >= 15 is 0 Å². The molecule has 0 amide bonds. The van der Waals surface area contributed by atoms with Gasteiger partial charge >= 0.3 is 0 Å². The fraction of sp³-hybridized carbons (Fsp3) is 0.600. The second-order valence-corrected chi connectivity index (χ2v) is 5.85. The SMILES string of the molecule is INCCC(c1ccccc1)C1CCCCC1. The van der Waals surface area contributed by atoms with Gasteiger partial charge in [-0.3, -0.25) is 3.53 Å². The van der Waals surface area contributed by atoms with Gasteiger partial charge in [0.1, 0.15) is 0 Å². The smallest absolute Gasteiger partial charge is 0.0169 e. The quantitative estimate of drug-likeness (QED) is 0.605. The minimum atomic E-state index is 0.763. The lowest BCUT2D eigenvalue weighted by Gasteiger charge is -2.30. The molecular formula is C15H22IN. The topological polar surface area (TPSA) is 12.0 Å². The van der Waals surface area contributed by atoms with Crippen molar-refractivity contribution >= 4 is 22.9 Å². The van der Waals surface area contributed by atoms with Crippen LogP contribution in [-0.4, -0.2) is 6.54 Å². The second kappa shape index (κ2) is 7.37. The molecule has 1 fully saturated rings. The molecule has 1 N–H and O–H groups in total. The minimum absolute atomic E-state index is 0.763. The molecule has 1 nitrogen and oxygen atoms in total. The van der Waals surface area contributed by atoms with Gasteiger partial charge in [-0.25, -0.2) is 0 Å². The predicted molar refractivity (Wildman–Crippen MR) is 82.4 cm³/mol. The van der Waals surface area contributed by atoms with E-state index in [1.165, 1.54) is 38.5 Å². The molecule has 0 aliphatic heterocycles. The fourth-order valence-electron chi connectivity index (χ4n) is 3.12. The van der Waals surface area contributed by atoms with Gasteiger partial charge < -0.3 is 0 Å². The predicted octanol–water partition coefficient (Wildman–Crippen LogP) is 4.68. The molecule has 1 aromatic carbocycles. The van der Waals surface area contributed by atoms with Crippen LogP contribution in [0.2, 0.25) is 0 Å². The maximum Gasteiger partial charge on any atom is 0.0169 e. The van der Waals surface area contributed by atoms with Crippen LogP contribution in [0.15, 0.2) is 30.3 Å². The van der Waals surface area contributed by atoms with E-state index in [1.54, 1.807) is 5.56 Å². The molecule has 2 heteroatoms. The van der Waals surface area contributed by atoms with E-state index in [-0.39, 0.29) is 0 Å². The van der Waals surface area contributed by atoms with Crippen LogP contribution in [0.1, 0.15) is 50.0 Å². The van der Waals surface area contributed by atoms with E-state index in [2.05, 4.69) is 56.7 Å². The summed E-state index contributed by atoms with van der Waals surface area (Å²) >= 11 is 2.26. The van der Waals surface area contributed by atoms with Crippen LogP contribution in [-0.2, 0) is 0 Å². The Balaban J connectivity index is 2.06. The van der Waals surface area contributed by atoms with E-state index in [1.807, 2.05) is 0 Å². The summed E-state index contributed by atoms with van der Waals surface area (Å²) in [5.74, 6) is 1.68. The Kier molecular flexibility index (Phi) is 5.78. The number of benzene rings is 1. The first-order valence-corrected chi connectivity index (χ1v) is 7.88. The van der Waals surface area contributed by atoms with Crippen molar-refractivity contribution in [1.29, 1.82) is 0 Å². The Hall–Kier alpha value is -0.0900. The summed E-state index contributed by atoms with van der Waals surface area (Å²) < 4.78 is 3.28. The lowest BCUT2D eigenvalue weighted by molar-refractivity contribution is 0.295. The molecular weight excluding hydrogens is 321 g/mol. The Morgan fingerprint density at radius 1 is 1.12 bits per heavy atom. The first-order valence-electron chi connectivity index (χ1n) is 6.80. The molecule has 0 aromatic heterocycles. The van der Waals surface area contributed by atoms with E-state index in [0.29, 0.717) is 0 Å². The second-order valence-electron chi connectivity index (χ2n) is 5.09. The average molecular weight is 343 g/mol. The van der Waals surface area contributed by atoms with E-state index in [0.717, 1.165) is 18.4 Å². The number of hydrogen-bond donors (Lipinski definition) is 1. The maximum atomic E-state index is 3.28. The van der Waals surface area contributed by atoms with Gasteiger partial charge in [-0.1, -0.05) is 49.6 Å². The van der Waals surface area contributed by atoms with Crippen molar-refractivity contribution in [3.05, 3.63) is 35.9 Å².